The second-order valence-corrected chi connectivity index (χ2v) is 7.45. The molecular formula is C17H30N4O2. The lowest BCUT2D eigenvalue weighted by Crippen LogP contribution is -2.55. The standard InChI is InChI=1S/C17H30N4O2/c1-14-12-20(8-6-7-15-11-18-19(5)13-15)9-10-21(14)16(22)23-17(2,3)4/h11,13-14H,6-10,12H2,1-5H3/t14-/m0/s1. The molecule has 1 aromatic heterocycles. The van der Waals surface area contributed by atoms with Gasteiger partial charge in [0.05, 0.1) is 6.20 Å². The molecule has 0 N–H and O–H groups in total. The van der Waals surface area contributed by atoms with Crippen LogP contribution in [0.25, 0.3) is 0 Å². The van der Waals surface area contributed by atoms with Crippen LogP contribution in [0, 0.1) is 0 Å². The van der Waals surface area contributed by atoms with Crippen molar-refractivity contribution < 1.29 is 9.53 Å². The van der Waals surface area contributed by atoms with Gasteiger partial charge in [-0.05, 0) is 52.6 Å². The van der Waals surface area contributed by atoms with Gasteiger partial charge in [-0.25, -0.2) is 4.79 Å². The maximum atomic E-state index is 12.2. The molecule has 0 aromatic carbocycles. The number of aromatic nitrogens is 2. The number of ether oxygens (including phenoxy) is 1. The van der Waals surface area contributed by atoms with E-state index < -0.39 is 5.60 Å². The molecule has 1 atom stereocenters. The first-order valence-electron chi connectivity index (χ1n) is 8.44. The van der Waals surface area contributed by atoms with Gasteiger partial charge in [0.1, 0.15) is 5.60 Å². The van der Waals surface area contributed by atoms with Crippen molar-refractivity contribution in [1.29, 1.82) is 0 Å². The van der Waals surface area contributed by atoms with Crippen molar-refractivity contribution in [3.05, 3.63) is 18.0 Å². The van der Waals surface area contributed by atoms with Gasteiger partial charge in [-0.3, -0.25) is 9.58 Å². The highest BCUT2D eigenvalue weighted by atomic mass is 16.6. The number of rotatable bonds is 4. The van der Waals surface area contributed by atoms with Crippen molar-refractivity contribution >= 4 is 6.09 Å². The third-order valence-electron chi connectivity index (χ3n) is 4.04. The average Bonchev–Trinajstić information content (AvgIpc) is 2.82. The Labute approximate surface area is 139 Å². The van der Waals surface area contributed by atoms with Gasteiger partial charge >= 0.3 is 6.09 Å². The zero-order chi connectivity index (χ0) is 17.0. The van der Waals surface area contributed by atoms with E-state index in [1.807, 2.05) is 43.6 Å². The first-order chi connectivity index (χ1) is 10.7. The molecule has 1 aromatic rings. The first kappa shape index (κ1) is 17.8. The summed E-state index contributed by atoms with van der Waals surface area (Å²) in [6.07, 6.45) is 5.98. The van der Waals surface area contributed by atoms with Crippen LogP contribution in [0.3, 0.4) is 0 Å². The zero-order valence-electron chi connectivity index (χ0n) is 15.1. The van der Waals surface area contributed by atoms with E-state index in [4.69, 9.17) is 4.74 Å². The lowest BCUT2D eigenvalue weighted by molar-refractivity contribution is 0.00142. The summed E-state index contributed by atoms with van der Waals surface area (Å²) in [5.41, 5.74) is 0.852. The highest BCUT2D eigenvalue weighted by Crippen LogP contribution is 2.16. The van der Waals surface area contributed by atoms with Crippen LogP contribution in [0.4, 0.5) is 4.79 Å². The van der Waals surface area contributed by atoms with Crippen molar-refractivity contribution in [2.24, 2.45) is 7.05 Å². The number of hydrogen-bond acceptors (Lipinski definition) is 4. The lowest BCUT2D eigenvalue weighted by atomic mass is 10.1. The monoisotopic (exact) mass is 322 g/mol. The van der Waals surface area contributed by atoms with Gasteiger partial charge in [-0.15, -0.1) is 0 Å². The van der Waals surface area contributed by atoms with E-state index in [1.54, 1.807) is 0 Å². The Hall–Kier alpha value is -1.56. The summed E-state index contributed by atoms with van der Waals surface area (Å²) < 4.78 is 7.33. The maximum absolute atomic E-state index is 12.2. The molecule has 0 aliphatic carbocycles. The molecule has 2 rings (SSSR count). The summed E-state index contributed by atoms with van der Waals surface area (Å²) in [6, 6.07) is 0.192. The highest BCUT2D eigenvalue weighted by molar-refractivity contribution is 5.68. The number of nitrogens with zero attached hydrogens (tertiary/aromatic N) is 4. The Bertz CT molecular complexity index is 521. The molecule has 2 heterocycles. The van der Waals surface area contributed by atoms with Gasteiger partial charge < -0.3 is 9.64 Å². The molecule has 0 bridgehead atoms. The Balaban J connectivity index is 1.74. The summed E-state index contributed by atoms with van der Waals surface area (Å²) >= 11 is 0. The van der Waals surface area contributed by atoms with Gasteiger partial charge in [0.15, 0.2) is 0 Å². The van der Waals surface area contributed by atoms with Crippen molar-refractivity contribution in [1.82, 2.24) is 19.6 Å². The van der Waals surface area contributed by atoms with E-state index in [0.29, 0.717) is 0 Å². The fourth-order valence-corrected chi connectivity index (χ4v) is 2.94. The van der Waals surface area contributed by atoms with Gasteiger partial charge in [-0.2, -0.15) is 5.10 Å². The largest absolute Gasteiger partial charge is 0.444 e. The van der Waals surface area contributed by atoms with Crippen LogP contribution in [0.5, 0.6) is 0 Å². The number of piperazine rings is 1. The predicted molar refractivity (Wildman–Crippen MR) is 90.4 cm³/mol. The summed E-state index contributed by atoms with van der Waals surface area (Å²) in [4.78, 5) is 16.5. The molecule has 1 saturated heterocycles. The van der Waals surface area contributed by atoms with Crippen molar-refractivity contribution in [3.63, 3.8) is 0 Å². The Kier molecular flexibility index (Phi) is 5.68. The third kappa shape index (κ3) is 5.53. The zero-order valence-corrected chi connectivity index (χ0v) is 15.1. The quantitative estimate of drug-likeness (QED) is 0.853. The average molecular weight is 322 g/mol. The van der Waals surface area contributed by atoms with Crippen LogP contribution in [0.2, 0.25) is 0 Å². The molecule has 23 heavy (non-hydrogen) atoms. The van der Waals surface area contributed by atoms with Crippen LogP contribution < -0.4 is 0 Å². The summed E-state index contributed by atoms with van der Waals surface area (Å²) in [5.74, 6) is 0. The van der Waals surface area contributed by atoms with Gasteiger partial charge in [-0.1, -0.05) is 0 Å². The smallest absolute Gasteiger partial charge is 0.410 e. The summed E-state index contributed by atoms with van der Waals surface area (Å²) in [7, 11) is 1.95. The Morgan fingerprint density at radius 1 is 1.39 bits per heavy atom. The van der Waals surface area contributed by atoms with E-state index in [-0.39, 0.29) is 12.1 Å². The first-order valence-corrected chi connectivity index (χ1v) is 8.44. The van der Waals surface area contributed by atoms with E-state index in [9.17, 15) is 4.79 Å². The van der Waals surface area contributed by atoms with Crippen LogP contribution in [-0.4, -0.2) is 63.5 Å². The van der Waals surface area contributed by atoms with Crippen LogP contribution >= 0.6 is 0 Å². The molecule has 1 amide bonds. The molecule has 0 unspecified atom stereocenters. The predicted octanol–water partition coefficient (Wildman–Crippen LogP) is 2.29. The fraction of sp³-hybridized carbons (Fsp3) is 0.765. The minimum atomic E-state index is -0.433. The summed E-state index contributed by atoms with van der Waals surface area (Å²) in [6.45, 7) is 11.4. The van der Waals surface area contributed by atoms with Crippen molar-refractivity contribution in [2.45, 2.75) is 52.2 Å². The lowest BCUT2D eigenvalue weighted by Gasteiger charge is -2.40. The van der Waals surface area contributed by atoms with Crippen LogP contribution in [0.1, 0.15) is 39.7 Å². The van der Waals surface area contributed by atoms with E-state index in [0.717, 1.165) is 39.0 Å². The van der Waals surface area contributed by atoms with Gasteiger partial charge in [0.25, 0.3) is 0 Å². The number of aryl methyl sites for hydroxylation is 2. The number of amides is 1. The Morgan fingerprint density at radius 2 is 2.13 bits per heavy atom. The van der Waals surface area contributed by atoms with E-state index in [2.05, 4.69) is 23.1 Å². The number of hydrogen-bond donors (Lipinski definition) is 0. The Morgan fingerprint density at radius 3 is 2.70 bits per heavy atom. The molecule has 6 heteroatoms. The van der Waals surface area contributed by atoms with Gasteiger partial charge in [0.2, 0.25) is 0 Å². The van der Waals surface area contributed by atoms with E-state index >= 15 is 0 Å². The van der Waals surface area contributed by atoms with Crippen LogP contribution in [0.15, 0.2) is 12.4 Å². The molecule has 130 valence electrons. The third-order valence-corrected chi connectivity index (χ3v) is 4.04. The molecular weight excluding hydrogens is 292 g/mol. The second-order valence-electron chi connectivity index (χ2n) is 7.45. The topological polar surface area (TPSA) is 50.6 Å². The molecule has 1 aliphatic heterocycles. The van der Waals surface area contributed by atoms with Crippen molar-refractivity contribution in [2.75, 3.05) is 26.2 Å². The molecule has 6 nitrogen and oxygen atoms in total. The summed E-state index contributed by atoms with van der Waals surface area (Å²) in [5, 5.41) is 4.20. The van der Waals surface area contributed by atoms with Crippen LogP contribution in [-0.2, 0) is 18.2 Å². The maximum Gasteiger partial charge on any atom is 0.410 e. The van der Waals surface area contributed by atoms with E-state index in [1.165, 1.54) is 5.56 Å². The minimum absolute atomic E-state index is 0.192. The highest BCUT2D eigenvalue weighted by Gasteiger charge is 2.30. The molecule has 1 fully saturated rings. The minimum Gasteiger partial charge on any atom is -0.444 e. The molecule has 0 spiro atoms. The SMILES string of the molecule is C[C@H]1CN(CCCc2cnn(C)c2)CCN1C(=O)OC(C)(C)C. The van der Waals surface area contributed by atoms with Gasteiger partial charge in [0, 0.05) is 38.9 Å². The molecule has 1 aliphatic rings. The number of carbonyl (C=O) groups is 1. The van der Waals surface area contributed by atoms with Crippen molar-refractivity contribution in [3.8, 4) is 0 Å². The number of carbonyl (C=O) groups excluding carboxylic acids is 1. The molecule has 0 radical (unpaired) electrons. The molecule has 0 saturated carbocycles. The normalized spacial score (nSPS) is 19.9. The fourth-order valence-electron chi connectivity index (χ4n) is 2.94. The second kappa shape index (κ2) is 7.34.